The van der Waals surface area contributed by atoms with Crippen molar-refractivity contribution in [3.8, 4) is 24.3 Å². The second-order valence-electron chi connectivity index (χ2n) is 5.85. The van der Waals surface area contributed by atoms with Gasteiger partial charge in [-0.1, -0.05) is 48.5 Å². The monoisotopic (exact) mass is 328 g/mol. The summed E-state index contributed by atoms with van der Waals surface area (Å²) < 4.78 is 0. The van der Waals surface area contributed by atoms with E-state index >= 15 is 0 Å². The van der Waals surface area contributed by atoms with Crippen LogP contribution in [-0.2, 0) is 0 Å². The Hall–Kier alpha value is -4.38. The summed E-state index contributed by atoms with van der Waals surface area (Å²) in [5.41, 5.74) is 0.119. The normalized spacial score (nSPS) is 10.2. The summed E-state index contributed by atoms with van der Waals surface area (Å²) in [6.45, 7) is 0. The highest BCUT2D eigenvalue weighted by Gasteiger charge is 2.12. The van der Waals surface area contributed by atoms with Gasteiger partial charge in [0.1, 0.15) is 35.4 Å². The third-order valence-corrected chi connectivity index (χ3v) is 4.65. The van der Waals surface area contributed by atoms with E-state index in [1.165, 1.54) is 0 Å². The minimum atomic E-state index is 0.0597. The molecule has 0 amide bonds. The first-order valence-electron chi connectivity index (χ1n) is 7.79. The van der Waals surface area contributed by atoms with Gasteiger partial charge in [-0.05, 0) is 32.3 Å². The van der Waals surface area contributed by atoms with Gasteiger partial charge >= 0.3 is 0 Å². The molecule has 4 heteroatoms. The standard InChI is InChI=1S/C22H8N4/c23-9-15(10-24)17-5-3-13-1-2-14-4-6-18(16(11-25)12-26)20-8-7-19(17)21(13)22(14)20/h1-8H. The van der Waals surface area contributed by atoms with Crippen molar-refractivity contribution in [3.05, 3.63) is 59.0 Å². The second-order valence-corrected chi connectivity index (χ2v) is 5.85. The van der Waals surface area contributed by atoms with Gasteiger partial charge in [-0.25, -0.2) is 0 Å². The van der Waals surface area contributed by atoms with Gasteiger partial charge in [0.25, 0.3) is 0 Å². The van der Waals surface area contributed by atoms with E-state index in [1.54, 1.807) is 12.1 Å². The zero-order chi connectivity index (χ0) is 18.3. The van der Waals surface area contributed by atoms with E-state index in [0.29, 0.717) is 10.4 Å². The molecule has 0 fully saturated rings. The average Bonchev–Trinajstić information content (AvgIpc) is 2.69. The van der Waals surface area contributed by atoms with Crippen LogP contribution in [0.5, 0.6) is 0 Å². The van der Waals surface area contributed by atoms with E-state index < -0.39 is 0 Å². The molecule has 0 saturated carbocycles. The van der Waals surface area contributed by atoms with Crippen molar-refractivity contribution in [1.29, 1.82) is 21.0 Å². The third-order valence-electron chi connectivity index (χ3n) is 4.65. The van der Waals surface area contributed by atoms with E-state index in [2.05, 4.69) is 0 Å². The largest absolute Gasteiger partial charge is 0.192 e. The molecular weight excluding hydrogens is 320 g/mol. The van der Waals surface area contributed by atoms with Crippen LogP contribution < -0.4 is 10.4 Å². The smallest absolute Gasteiger partial charge is 0.137 e. The first-order chi connectivity index (χ1) is 12.7. The molecule has 0 saturated heterocycles. The second kappa shape index (κ2) is 5.61. The summed E-state index contributed by atoms with van der Waals surface area (Å²) in [7, 11) is 0. The highest BCUT2D eigenvalue weighted by atomic mass is 14.3. The molecule has 0 unspecified atom stereocenters. The van der Waals surface area contributed by atoms with Crippen molar-refractivity contribution < 1.29 is 0 Å². The Labute approximate surface area is 148 Å². The summed E-state index contributed by atoms with van der Waals surface area (Å²) in [6, 6.07) is 22.8. The van der Waals surface area contributed by atoms with E-state index in [-0.39, 0.29) is 11.1 Å². The maximum atomic E-state index is 9.27. The number of hydrogen-bond donors (Lipinski definition) is 0. The Morgan fingerprint density at radius 1 is 0.500 bits per heavy atom. The van der Waals surface area contributed by atoms with Crippen LogP contribution in [0.3, 0.4) is 0 Å². The highest BCUT2D eigenvalue weighted by Crippen LogP contribution is 2.31. The van der Waals surface area contributed by atoms with Crippen molar-refractivity contribution >= 4 is 43.5 Å². The fourth-order valence-electron chi connectivity index (χ4n) is 3.53. The van der Waals surface area contributed by atoms with Crippen LogP contribution in [-0.4, -0.2) is 0 Å². The molecule has 0 spiro atoms. The minimum Gasteiger partial charge on any atom is -0.192 e. The van der Waals surface area contributed by atoms with Crippen molar-refractivity contribution in [3.63, 3.8) is 0 Å². The van der Waals surface area contributed by atoms with Crippen LogP contribution in [0.4, 0.5) is 0 Å². The van der Waals surface area contributed by atoms with Crippen LogP contribution in [0.2, 0.25) is 0 Å². The molecule has 0 atom stereocenters. The van der Waals surface area contributed by atoms with Gasteiger partial charge in [-0.15, -0.1) is 0 Å². The maximum Gasteiger partial charge on any atom is 0.137 e. The average molecular weight is 328 g/mol. The van der Waals surface area contributed by atoms with Crippen LogP contribution in [0.15, 0.2) is 48.5 Å². The topological polar surface area (TPSA) is 95.2 Å². The van der Waals surface area contributed by atoms with Gasteiger partial charge in [0.05, 0.1) is 0 Å². The molecule has 0 radical (unpaired) electrons. The SMILES string of the molecule is N#CC(C#N)=c1ccc2ccc3ccc(=C(C#N)C#N)c4ccc1c2c34. The molecule has 0 heterocycles. The zero-order valence-electron chi connectivity index (χ0n) is 13.4. The van der Waals surface area contributed by atoms with E-state index in [0.717, 1.165) is 32.3 Å². The molecule has 0 aromatic heterocycles. The number of rotatable bonds is 0. The number of nitriles is 4. The van der Waals surface area contributed by atoms with Crippen molar-refractivity contribution in [1.82, 2.24) is 0 Å². The third kappa shape index (κ3) is 1.91. The van der Waals surface area contributed by atoms with Crippen molar-refractivity contribution in [2.75, 3.05) is 0 Å². The Kier molecular flexibility index (Phi) is 3.27. The molecular formula is C22H8N4. The van der Waals surface area contributed by atoms with Gasteiger partial charge in [0.2, 0.25) is 0 Å². The van der Waals surface area contributed by atoms with Crippen LogP contribution >= 0.6 is 0 Å². The van der Waals surface area contributed by atoms with Crippen LogP contribution in [0.1, 0.15) is 0 Å². The Bertz CT molecular complexity index is 1360. The van der Waals surface area contributed by atoms with Crippen LogP contribution in [0.25, 0.3) is 43.5 Å². The Morgan fingerprint density at radius 2 is 0.846 bits per heavy atom. The summed E-state index contributed by atoms with van der Waals surface area (Å²) in [6.07, 6.45) is 0. The summed E-state index contributed by atoms with van der Waals surface area (Å²) >= 11 is 0. The summed E-state index contributed by atoms with van der Waals surface area (Å²) in [5.74, 6) is 0. The van der Waals surface area contributed by atoms with Gasteiger partial charge < -0.3 is 0 Å². The zero-order valence-corrected chi connectivity index (χ0v) is 13.4. The number of benzene rings is 4. The lowest BCUT2D eigenvalue weighted by atomic mass is 9.91. The van der Waals surface area contributed by atoms with Gasteiger partial charge in [-0.3, -0.25) is 0 Å². The van der Waals surface area contributed by atoms with Gasteiger partial charge in [-0.2, -0.15) is 21.0 Å². The lowest BCUT2D eigenvalue weighted by molar-refractivity contribution is 1.50. The first-order valence-corrected chi connectivity index (χ1v) is 7.79. The van der Waals surface area contributed by atoms with Crippen LogP contribution in [0, 0.1) is 45.3 Å². The predicted molar refractivity (Wildman–Crippen MR) is 98.7 cm³/mol. The highest BCUT2D eigenvalue weighted by molar-refractivity contribution is 6.23. The molecule has 116 valence electrons. The maximum absolute atomic E-state index is 9.27. The summed E-state index contributed by atoms with van der Waals surface area (Å²) in [5, 5.41) is 43.7. The minimum absolute atomic E-state index is 0.0597. The Morgan fingerprint density at radius 3 is 1.19 bits per heavy atom. The molecule has 0 aliphatic heterocycles. The number of hydrogen-bond acceptors (Lipinski definition) is 4. The predicted octanol–water partition coefficient (Wildman–Crippen LogP) is 2.98. The van der Waals surface area contributed by atoms with E-state index in [9.17, 15) is 21.0 Å². The van der Waals surface area contributed by atoms with Crippen molar-refractivity contribution in [2.45, 2.75) is 0 Å². The fraction of sp³-hybridized carbons (Fsp3) is 0. The van der Waals surface area contributed by atoms with Gasteiger partial charge in [0, 0.05) is 10.4 Å². The Balaban J connectivity index is 2.42. The number of nitrogens with zero attached hydrogens (tertiary/aromatic N) is 4. The molecule has 0 bridgehead atoms. The van der Waals surface area contributed by atoms with Gasteiger partial charge in [0.15, 0.2) is 0 Å². The molecule has 4 rings (SSSR count). The molecule has 4 aromatic rings. The summed E-state index contributed by atoms with van der Waals surface area (Å²) in [4.78, 5) is 0. The quantitative estimate of drug-likeness (QED) is 0.464. The molecule has 0 aliphatic carbocycles. The molecule has 0 aliphatic rings. The molecule has 0 N–H and O–H groups in total. The van der Waals surface area contributed by atoms with Crippen molar-refractivity contribution in [2.24, 2.45) is 0 Å². The first kappa shape index (κ1) is 15.2. The molecule has 4 nitrogen and oxygen atoms in total. The fourth-order valence-corrected chi connectivity index (χ4v) is 3.53. The van der Waals surface area contributed by atoms with E-state index in [4.69, 9.17) is 0 Å². The molecule has 4 aromatic carbocycles. The molecule has 26 heavy (non-hydrogen) atoms. The van der Waals surface area contributed by atoms with E-state index in [1.807, 2.05) is 60.7 Å². The lowest BCUT2D eigenvalue weighted by Gasteiger charge is -2.11. The lowest BCUT2D eigenvalue weighted by Crippen LogP contribution is -2.10.